The molecule has 1 N–H and O–H groups in total. The van der Waals surface area contributed by atoms with Gasteiger partial charge in [-0.05, 0) is 38.1 Å². The average Bonchev–Trinajstić information content (AvgIpc) is 2.96. The second kappa shape index (κ2) is 9.59. The van der Waals surface area contributed by atoms with Crippen molar-refractivity contribution in [2.75, 3.05) is 65.7 Å². The number of anilines is 1. The number of halogens is 1. The van der Waals surface area contributed by atoms with E-state index in [0.29, 0.717) is 13.1 Å². The lowest BCUT2D eigenvalue weighted by molar-refractivity contribution is 0.0948. The van der Waals surface area contributed by atoms with Gasteiger partial charge in [0.2, 0.25) is 10.0 Å². The summed E-state index contributed by atoms with van der Waals surface area (Å²) in [6.07, 6.45) is 2.99. The minimum Gasteiger partial charge on any atom is -0.323 e. The van der Waals surface area contributed by atoms with Gasteiger partial charge in [0.25, 0.3) is 0 Å². The lowest BCUT2D eigenvalue weighted by Crippen LogP contribution is -2.52. The molecule has 0 aliphatic carbocycles. The Morgan fingerprint density at radius 2 is 1.83 bits per heavy atom. The molecule has 2 aliphatic heterocycles. The van der Waals surface area contributed by atoms with E-state index in [1.807, 2.05) is 0 Å². The molecule has 2 saturated heterocycles. The number of hydrogen-bond donors (Lipinski definition) is 1. The lowest BCUT2D eigenvalue weighted by atomic mass is 10.1. The summed E-state index contributed by atoms with van der Waals surface area (Å²) in [5.74, 6) is -0.661. The Bertz CT molecular complexity index is 856. The molecule has 2 fully saturated rings. The Balaban J connectivity index is 1.71. The summed E-state index contributed by atoms with van der Waals surface area (Å²) < 4.78 is 40.1. The summed E-state index contributed by atoms with van der Waals surface area (Å²) in [7, 11) is 1.21. The van der Waals surface area contributed by atoms with Crippen LogP contribution in [0.1, 0.15) is 19.3 Å². The molecule has 10 heteroatoms. The number of nitrogens with zero attached hydrogens (tertiary/aromatic N) is 4. The summed E-state index contributed by atoms with van der Waals surface area (Å²) >= 11 is 0. The van der Waals surface area contributed by atoms with Crippen LogP contribution < -0.4 is 5.32 Å². The average molecular weight is 442 g/mol. The topological polar surface area (TPSA) is 76.2 Å². The molecule has 0 aromatic heterocycles. The van der Waals surface area contributed by atoms with Gasteiger partial charge in [-0.1, -0.05) is 6.42 Å². The molecule has 0 spiro atoms. The van der Waals surface area contributed by atoms with Crippen molar-refractivity contribution < 1.29 is 17.6 Å². The Hall–Kier alpha value is -1.75. The Labute approximate surface area is 178 Å². The van der Waals surface area contributed by atoms with Crippen molar-refractivity contribution in [3.8, 4) is 0 Å². The van der Waals surface area contributed by atoms with Gasteiger partial charge in [0.15, 0.2) is 0 Å². The number of carbonyl (C=O) groups is 1. The highest BCUT2D eigenvalue weighted by Gasteiger charge is 2.28. The monoisotopic (exact) mass is 441 g/mol. The van der Waals surface area contributed by atoms with Gasteiger partial charge in [0, 0.05) is 59.4 Å². The van der Waals surface area contributed by atoms with Crippen molar-refractivity contribution in [2.45, 2.75) is 30.2 Å². The zero-order chi connectivity index (χ0) is 21.9. The first kappa shape index (κ1) is 22.9. The number of likely N-dealkylation sites (N-methyl/N-ethyl adjacent to an activating group) is 1. The number of sulfonamides is 1. The molecule has 2 aliphatic rings. The van der Waals surface area contributed by atoms with Gasteiger partial charge in [-0.15, -0.1) is 0 Å². The summed E-state index contributed by atoms with van der Waals surface area (Å²) in [5, 5.41) is 2.59. The van der Waals surface area contributed by atoms with E-state index >= 15 is 0 Å². The quantitative estimate of drug-likeness (QED) is 0.770. The fourth-order valence-corrected chi connectivity index (χ4v) is 4.88. The summed E-state index contributed by atoms with van der Waals surface area (Å²) in [6, 6.07) is 3.35. The molecule has 2 amide bonds. The van der Waals surface area contributed by atoms with E-state index in [-0.39, 0.29) is 16.6 Å². The molecule has 1 aromatic carbocycles. The van der Waals surface area contributed by atoms with Crippen molar-refractivity contribution >= 4 is 21.7 Å². The van der Waals surface area contributed by atoms with Crippen molar-refractivity contribution in [1.29, 1.82) is 0 Å². The van der Waals surface area contributed by atoms with Crippen LogP contribution in [-0.4, -0.2) is 99.9 Å². The summed E-state index contributed by atoms with van der Waals surface area (Å²) in [5.41, 5.74) is -0.122. The third-order valence-corrected chi connectivity index (χ3v) is 7.76. The van der Waals surface area contributed by atoms with E-state index in [1.165, 1.54) is 26.2 Å². The SMILES string of the molecule is CN1CCN([C@@H]2CCCCN(C(=O)Nc3cc(S(=O)(=O)N(C)C)ccc3F)C2)CC1. The van der Waals surface area contributed by atoms with E-state index in [1.54, 1.807) is 4.90 Å². The lowest BCUT2D eigenvalue weighted by Gasteiger charge is -2.39. The van der Waals surface area contributed by atoms with E-state index in [9.17, 15) is 17.6 Å². The maximum absolute atomic E-state index is 14.3. The first-order valence-electron chi connectivity index (χ1n) is 10.4. The molecule has 0 bridgehead atoms. The molecule has 0 unspecified atom stereocenters. The molecule has 168 valence electrons. The fraction of sp³-hybridized carbons (Fsp3) is 0.650. The largest absolute Gasteiger partial charge is 0.323 e. The van der Waals surface area contributed by atoms with Gasteiger partial charge in [0.1, 0.15) is 5.82 Å². The smallest absolute Gasteiger partial charge is 0.321 e. The zero-order valence-corrected chi connectivity index (χ0v) is 18.8. The first-order chi connectivity index (χ1) is 14.2. The van der Waals surface area contributed by atoms with E-state index < -0.39 is 21.9 Å². The third kappa shape index (κ3) is 5.29. The van der Waals surface area contributed by atoms with Crippen LogP contribution in [0.4, 0.5) is 14.9 Å². The Morgan fingerprint density at radius 3 is 2.50 bits per heavy atom. The van der Waals surface area contributed by atoms with Gasteiger partial charge >= 0.3 is 6.03 Å². The molecule has 1 atom stereocenters. The van der Waals surface area contributed by atoms with Gasteiger partial charge in [-0.3, -0.25) is 4.90 Å². The van der Waals surface area contributed by atoms with Crippen LogP contribution in [0.3, 0.4) is 0 Å². The Morgan fingerprint density at radius 1 is 1.13 bits per heavy atom. The van der Waals surface area contributed by atoms with Crippen molar-refractivity contribution in [3.63, 3.8) is 0 Å². The molecule has 2 heterocycles. The van der Waals surface area contributed by atoms with Crippen LogP contribution in [0, 0.1) is 5.82 Å². The molecular weight excluding hydrogens is 409 g/mol. The minimum absolute atomic E-state index is 0.0598. The second-order valence-corrected chi connectivity index (χ2v) is 10.4. The minimum atomic E-state index is -3.72. The van der Waals surface area contributed by atoms with Crippen molar-refractivity contribution in [2.24, 2.45) is 0 Å². The van der Waals surface area contributed by atoms with E-state index in [4.69, 9.17) is 0 Å². The predicted octanol–water partition coefficient (Wildman–Crippen LogP) is 1.71. The number of likely N-dealkylation sites (tertiary alicyclic amines) is 1. The number of rotatable bonds is 4. The van der Waals surface area contributed by atoms with Crippen LogP contribution >= 0.6 is 0 Å². The van der Waals surface area contributed by atoms with E-state index in [0.717, 1.165) is 55.8 Å². The van der Waals surface area contributed by atoms with Gasteiger partial charge in [-0.25, -0.2) is 21.9 Å². The van der Waals surface area contributed by atoms with Gasteiger partial charge in [0.05, 0.1) is 10.6 Å². The van der Waals surface area contributed by atoms with Crippen LogP contribution in [0.15, 0.2) is 23.1 Å². The number of piperazine rings is 1. The zero-order valence-electron chi connectivity index (χ0n) is 18.0. The summed E-state index contributed by atoms with van der Waals surface area (Å²) in [6.45, 7) is 5.19. The highest BCUT2D eigenvalue weighted by molar-refractivity contribution is 7.89. The number of benzene rings is 1. The Kier molecular flexibility index (Phi) is 7.33. The van der Waals surface area contributed by atoms with Crippen LogP contribution in [0.5, 0.6) is 0 Å². The van der Waals surface area contributed by atoms with Gasteiger partial charge < -0.3 is 15.1 Å². The predicted molar refractivity (Wildman–Crippen MR) is 115 cm³/mol. The molecule has 3 rings (SSSR count). The highest BCUT2D eigenvalue weighted by Crippen LogP contribution is 2.23. The van der Waals surface area contributed by atoms with Crippen LogP contribution in [0.25, 0.3) is 0 Å². The normalized spacial score (nSPS) is 22.2. The van der Waals surface area contributed by atoms with E-state index in [2.05, 4.69) is 22.2 Å². The molecule has 1 aromatic rings. The van der Waals surface area contributed by atoms with Crippen LogP contribution in [-0.2, 0) is 10.0 Å². The molecule has 0 radical (unpaired) electrons. The number of amides is 2. The van der Waals surface area contributed by atoms with Crippen molar-refractivity contribution in [1.82, 2.24) is 19.0 Å². The fourth-order valence-electron chi connectivity index (χ4n) is 3.95. The molecule has 8 nitrogen and oxygen atoms in total. The molecular formula is C20H32FN5O3S. The second-order valence-electron chi connectivity index (χ2n) is 8.29. The number of hydrogen-bond acceptors (Lipinski definition) is 5. The van der Waals surface area contributed by atoms with Gasteiger partial charge in [-0.2, -0.15) is 0 Å². The third-order valence-electron chi connectivity index (χ3n) is 5.95. The maximum atomic E-state index is 14.3. The van der Waals surface area contributed by atoms with Crippen LogP contribution in [0.2, 0.25) is 0 Å². The highest BCUT2D eigenvalue weighted by atomic mass is 32.2. The number of carbonyl (C=O) groups excluding carboxylic acids is 1. The number of nitrogens with one attached hydrogen (secondary N) is 1. The van der Waals surface area contributed by atoms with Crippen molar-refractivity contribution in [3.05, 3.63) is 24.0 Å². The molecule has 0 saturated carbocycles. The number of urea groups is 1. The first-order valence-corrected chi connectivity index (χ1v) is 11.8. The molecule has 30 heavy (non-hydrogen) atoms. The summed E-state index contributed by atoms with van der Waals surface area (Å²) in [4.78, 5) is 19.3. The maximum Gasteiger partial charge on any atom is 0.321 e. The standard InChI is InChI=1S/C20H32FN5O3S/c1-23(2)30(28,29)17-7-8-18(21)19(14-17)22-20(27)26-9-5-4-6-16(15-26)25-12-10-24(3)11-13-25/h7-8,14,16H,4-6,9-13,15H2,1-3H3,(H,22,27)/t16-/m1/s1.